The fourth-order valence-corrected chi connectivity index (χ4v) is 2.43. The van der Waals surface area contributed by atoms with Gasteiger partial charge in [0.2, 0.25) is 11.8 Å². The van der Waals surface area contributed by atoms with Gasteiger partial charge >= 0.3 is 0 Å². The van der Waals surface area contributed by atoms with Crippen molar-refractivity contribution in [2.75, 3.05) is 0 Å². The number of aromatic hydroxyl groups is 1. The molecule has 136 valence electrons. The highest BCUT2D eigenvalue weighted by Crippen LogP contribution is 2.38. The van der Waals surface area contributed by atoms with Crippen molar-refractivity contribution in [3.05, 3.63) is 63.7 Å². The molecule has 0 unspecified atom stereocenters. The van der Waals surface area contributed by atoms with Gasteiger partial charge in [-0.1, -0.05) is 17.7 Å². The summed E-state index contributed by atoms with van der Waals surface area (Å²) in [5.41, 5.74) is 6.29. The van der Waals surface area contributed by atoms with E-state index < -0.39 is 16.8 Å². The molecule has 27 heavy (non-hydrogen) atoms. The molecule has 0 fully saturated rings. The summed E-state index contributed by atoms with van der Waals surface area (Å²) in [6.07, 6.45) is 0. The molecule has 0 amide bonds. The van der Waals surface area contributed by atoms with Gasteiger partial charge < -0.3 is 10.8 Å². The molecule has 0 aliphatic heterocycles. The number of nitrogens with one attached hydrogen (secondary N) is 1. The number of nitrogens with zero attached hydrogens (tertiary/aromatic N) is 5. The SMILES string of the molecule is N=C(N)n1nc(-c2ccc([N+](=O)[O-])cc2)c(/N=N/c2cccc(Cl)c2)c1O. The molecule has 10 nitrogen and oxygen atoms in total. The van der Waals surface area contributed by atoms with Crippen LogP contribution in [0.1, 0.15) is 0 Å². The van der Waals surface area contributed by atoms with Crippen LogP contribution < -0.4 is 5.73 Å². The molecule has 4 N–H and O–H groups in total. The summed E-state index contributed by atoms with van der Waals surface area (Å²) in [6.45, 7) is 0. The molecule has 2 aromatic carbocycles. The summed E-state index contributed by atoms with van der Waals surface area (Å²) >= 11 is 5.90. The standard InChI is InChI=1S/C16H12ClN7O3/c17-10-2-1-3-11(8-10)20-21-14-13(22-23(15(14)25)16(18)19)9-4-6-12(7-5-9)24(26)27/h1-8,25H,(H3,18,19)/b21-20+. The predicted octanol–water partition coefficient (Wildman–Crippen LogP) is 3.97. The maximum absolute atomic E-state index is 10.8. The van der Waals surface area contributed by atoms with Crippen molar-refractivity contribution < 1.29 is 10.0 Å². The number of nitro groups is 1. The van der Waals surface area contributed by atoms with Gasteiger partial charge in [-0.15, -0.1) is 5.11 Å². The first-order valence-electron chi connectivity index (χ1n) is 7.45. The molecule has 11 heteroatoms. The van der Waals surface area contributed by atoms with Crippen molar-refractivity contribution in [2.24, 2.45) is 16.0 Å². The smallest absolute Gasteiger partial charge is 0.269 e. The van der Waals surface area contributed by atoms with Crippen LogP contribution in [0.2, 0.25) is 5.02 Å². The van der Waals surface area contributed by atoms with Crippen LogP contribution in [-0.4, -0.2) is 25.8 Å². The van der Waals surface area contributed by atoms with E-state index in [4.69, 9.17) is 22.7 Å². The van der Waals surface area contributed by atoms with E-state index in [1.807, 2.05) is 0 Å². The Balaban J connectivity index is 2.09. The van der Waals surface area contributed by atoms with Crippen molar-refractivity contribution in [1.82, 2.24) is 9.78 Å². The number of halogens is 1. The molecule has 3 aromatic rings. The first-order chi connectivity index (χ1) is 12.9. The number of nitrogens with two attached hydrogens (primary N) is 1. The lowest BCUT2D eigenvalue weighted by atomic mass is 10.1. The third kappa shape index (κ3) is 3.75. The molecule has 0 radical (unpaired) electrons. The van der Waals surface area contributed by atoms with Gasteiger partial charge in [0.1, 0.15) is 5.69 Å². The molecule has 0 bridgehead atoms. The molecule has 0 saturated carbocycles. The van der Waals surface area contributed by atoms with Gasteiger partial charge in [-0.3, -0.25) is 15.5 Å². The largest absolute Gasteiger partial charge is 0.492 e. The minimum Gasteiger partial charge on any atom is -0.492 e. The number of rotatable bonds is 4. The Labute approximate surface area is 157 Å². The molecule has 0 saturated heterocycles. The average Bonchev–Trinajstić information content (AvgIpc) is 2.97. The maximum atomic E-state index is 10.8. The molecule has 1 heterocycles. The second kappa shape index (κ2) is 7.22. The van der Waals surface area contributed by atoms with Crippen LogP contribution in [0, 0.1) is 15.5 Å². The zero-order valence-electron chi connectivity index (χ0n) is 13.6. The first-order valence-corrected chi connectivity index (χ1v) is 7.83. The van der Waals surface area contributed by atoms with Crippen molar-refractivity contribution >= 4 is 34.6 Å². The quantitative estimate of drug-likeness (QED) is 0.203. The number of benzene rings is 2. The fourth-order valence-electron chi connectivity index (χ4n) is 2.24. The lowest BCUT2D eigenvalue weighted by Gasteiger charge is -1.98. The first kappa shape index (κ1) is 18.0. The lowest BCUT2D eigenvalue weighted by Crippen LogP contribution is -2.21. The topological polar surface area (TPSA) is 156 Å². The van der Waals surface area contributed by atoms with E-state index in [9.17, 15) is 15.2 Å². The highest BCUT2D eigenvalue weighted by molar-refractivity contribution is 6.30. The van der Waals surface area contributed by atoms with Gasteiger partial charge in [-0.2, -0.15) is 14.9 Å². The van der Waals surface area contributed by atoms with Gasteiger partial charge in [0.25, 0.3) is 5.69 Å². The number of nitro benzene ring substituents is 1. The second-order valence-corrected chi connectivity index (χ2v) is 5.74. The number of hydrogen-bond acceptors (Lipinski definition) is 7. The van der Waals surface area contributed by atoms with Crippen molar-refractivity contribution in [2.45, 2.75) is 0 Å². The van der Waals surface area contributed by atoms with E-state index in [1.165, 1.54) is 24.3 Å². The number of non-ortho nitro benzene ring substituents is 1. The van der Waals surface area contributed by atoms with Gasteiger partial charge in [-0.05, 0) is 30.3 Å². The van der Waals surface area contributed by atoms with Crippen LogP contribution >= 0.6 is 11.6 Å². The summed E-state index contributed by atoms with van der Waals surface area (Å²) in [5.74, 6) is -1.01. The maximum Gasteiger partial charge on any atom is 0.269 e. The molecular formula is C16H12ClN7O3. The zero-order valence-corrected chi connectivity index (χ0v) is 14.3. The molecule has 3 rings (SSSR count). The predicted molar refractivity (Wildman–Crippen MR) is 98.9 cm³/mol. The van der Waals surface area contributed by atoms with E-state index in [0.29, 0.717) is 16.3 Å². The molecule has 0 spiro atoms. The minimum atomic E-state index is -0.533. The van der Waals surface area contributed by atoms with Crippen molar-refractivity contribution in [3.63, 3.8) is 0 Å². The summed E-state index contributed by atoms with van der Waals surface area (Å²) in [4.78, 5) is 10.3. The van der Waals surface area contributed by atoms with Gasteiger partial charge in [0, 0.05) is 22.7 Å². The number of azo groups is 1. The number of nitrogen functional groups attached to an aromatic ring is 1. The Morgan fingerprint density at radius 1 is 1.26 bits per heavy atom. The van der Waals surface area contributed by atoms with E-state index in [0.717, 1.165) is 4.68 Å². The third-order valence-corrected chi connectivity index (χ3v) is 3.73. The Morgan fingerprint density at radius 3 is 2.56 bits per heavy atom. The van der Waals surface area contributed by atoms with Crippen LogP contribution in [0.25, 0.3) is 11.3 Å². The van der Waals surface area contributed by atoms with E-state index >= 15 is 0 Å². The summed E-state index contributed by atoms with van der Waals surface area (Å²) in [6, 6.07) is 12.1. The van der Waals surface area contributed by atoms with Crippen LogP contribution in [0.5, 0.6) is 5.88 Å². The lowest BCUT2D eigenvalue weighted by molar-refractivity contribution is -0.384. The minimum absolute atomic E-state index is 0.0426. The van der Waals surface area contributed by atoms with Crippen molar-refractivity contribution in [3.8, 4) is 17.1 Å². The van der Waals surface area contributed by atoms with Crippen LogP contribution in [0.4, 0.5) is 17.1 Å². The molecular weight excluding hydrogens is 374 g/mol. The number of aromatic nitrogens is 2. The Hall–Kier alpha value is -3.79. The zero-order chi connectivity index (χ0) is 19.6. The highest BCUT2D eigenvalue weighted by atomic mass is 35.5. The van der Waals surface area contributed by atoms with E-state index in [-0.39, 0.29) is 17.1 Å². The van der Waals surface area contributed by atoms with Gasteiger partial charge in [0.05, 0.1) is 10.6 Å². The Kier molecular flexibility index (Phi) is 4.81. The van der Waals surface area contributed by atoms with Crippen LogP contribution in [0.3, 0.4) is 0 Å². The van der Waals surface area contributed by atoms with E-state index in [2.05, 4.69) is 15.3 Å². The second-order valence-electron chi connectivity index (χ2n) is 5.30. The fraction of sp³-hybridized carbons (Fsp3) is 0. The molecule has 0 aliphatic rings. The van der Waals surface area contributed by atoms with Gasteiger partial charge in [0.15, 0.2) is 5.69 Å². The summed E-state index contributed by atoms with van der Waals surface area (Å²) < 4.78 is 0.781. The summed E-state index contributed by atoms with van der Waals surface area (Å²) in [7, 11) is 0. The molecule has 0 atom stereocenters. The normalized spacial score (nSPS) is 11.0. The highest BCUT2D eigenvalue weighted by Gasteiger charge is 2.21. The van der Waals surface area contributed by atoms with Gasteiger partial charge in [-0.25, -0.2) is 0 Å². The van der Waals surface area contributed by atoms with Crippen LogP contribution in [0.15, 0.2) is 58.8 Å². The monoisotopic (exact) mass is 385 g/mol. The number of hydrogen-bond donors (Lipinski definition) is 3. The Morgan fingerprint density at radius 2 is 1.96 bits per heavy atom. The molecule has 1 aromatic heterocycles. The van der Waals surface area contributed by atoms with E-state index in [1.54, 1.807) is 24.3 Å². The molecule has 0 aliphatic carbocycles. The third-order valence-electron chi connectivity index (χ3n) is 3.49. The Bertz CT molecular complexity index is 1060. The van der Waals surface area contributed by atoms with Crippen molar-refractivity contribution in [1.29, 1.82) is 5.41 Å². The average molecular weight is 386 g/mol. The van der Waals surface area contributed by atoms with Crippen LogP contribution in [-0.2, 0) is 0 Å². The summed E-state index contributed by atoms with van der Waals surface area (Å²) in [5, 5.41) is 41.1.